The Balaban J connectivity index is 2.27. The summed E-state index contributed by atoms with van der Waals surface area (Å²) in [7, 11) is 0. The van der Waals surface area contributed by atoms with E-state index in [0.717, 1.165) is 25.7 Å². The molecule has 1 heterocycles. The number of nitrogens with zero attached hydrogens (tertiary/aromatic N) is 2. The van der Waals surface area contributed by atoms with Crippen LogP contribution < -0.4 is 5.73 Å². The third-order valence-electron chi connectivity index (χ3n) is 3.01. The van der Waals surface area contributed by atoms with E-state index in [-0.39, 0.29) is 24.9 Å². The Morgan fingerprint density at radius 2 is 2.13 bits per heavy atom. The van der Waals surface area contributed by atoms with Crippen molar-refractivity contribution in [3.63, 3.8) is 0 Å². The van der Waals surface area contributed by atoms with Crippen molar-refractivity contribution in [2.24, 2.45) is 0 Å². The summed E-state index contributed by atoms with van der Waals surface area (Å²) in [5, 5.41) is 12.9. The van der Waals surface area contributed by atoms with Gasteiger partial charge in [-0.3, -0.25) is 0 Å². The van der Waals surface area contributed by atoms with Crippen LogP contribution in [-0.2, 0) is 6.54 Å². The monoisotopic (exact) mass is 213 g/mol. The lowest BCUT2D eigenvalue weighted by Gasteiger charge is -2.03. The number of hydrogen-bond donors (Lipinski definition) is 2. The van der Waals surface area contributed by atoms with Crippen molar-refractivity contribution < 1.29 is 9.50 Å². The van der Waals surface area contributed by atoms with Gasteiger partial charge >= 0.3 is 0 Å². The van der Waals surface area contributed by atoms with Gasteiger partial charge in [0, 0.05) is 5.92 Å². The van der Waals surface area contributed by atoms with Crippen LogP contribution in [0.2, 0.25) is 0 Å². The van der Waals surface area contributed by atoms with E-state index in [4.69, 9.17) is 10.8 Å². The lowest BCUT2D eigenvalue weighted by atomic mass is 10.0. The molecule has 84 valence electrons. The first-order valence-corrected chi connectivity index (χ1v) is 5.36. The van der Waals surface area contributed by atoms with Crippen LogP contribution in [0.25, 0.3) is 0 Å². The second kappa shape index (κ2) is 4.18. The molecule has 0 spiro atoms. The van der Waals surface area contributed by atoms with Crippen LogP contribution in [0.5, 0.6) is 0 Å². The topological polar surface area (TPSA) is 64.1 Å². The van der Waals surface area contributed by atoms with Gasteiger partial charge in [0.05, 0.1) is 13.2 Å². The molecule has 0 amide bonds. The maximum Gasteiger partial charge on any atom is 0.188 e. The number of nitrogens with two attached hydrogens (primary N) is 1. The van der Waals surface area contributed by atoms with E-state index < -0.39 is 5.82 Å². The molecule has 0 aliphatic heterocycles. The standard InChI is InChI=1S/C10H16FN3O/c11-8-9(7-3-1-2-4-7)13-14(5-6-15)10(8)12/h7,15H,1-6,12H2. The van der Waals surface area contributed by atoms with Gasteiger partial charge in [-0.25, -0.2) is 9.07 Å². The first-order valence-electron chi connectivity index (χ1n) is 5.36. The van der Waals surface area contributed by atoms with Gasteiger partial charge < -0.3 is 10.8 Å². The highest BCUT2D eigenvalue weighted by Crippen LogP contribution is 2.35. The first kappa shape index (κ1) is 10.4. The number of nitrogen functional groups attached to an aromatic ring is 1. The minimum atomic E-state index is -0.393. The highest BCUT2D eigenvalue weighted by molar-refractivity contribution is 5.35. The van der Waals surface area contributed by atoms with Crippen LogP contribution in [0.15, 0.2) is 0 Å². The number of hydrogen-bond acceptors (Lipinski definition) is 3. The zero-order valence-corrected chi connectivity index (χ0v) is 8.62. The molecule has 0 unspecified atom stereocenters. The van der Waals surface area contributed by atoms with Crippen molar-refractivity contribution in [2.45, 2.75) is 38.1 Å². The number of aliphatic hydroxyl groups excluding tert-OH is 1. The molecule has 4 nitrogen and oxygen atoms in total. The Hall–Kier alpha value is -1.10. The van der Waals surface area contributed by atoms with Gasteiger partial charge in [0.25, 0.3) is 0 Å². The highest BCUT2D eigenvalue weighted by atomic mass is 19.1. The van der Waals surface area contributed by atoms with Crippen LogP contribution in [-0.4, -0.2) is 21.5 Å². The molecule has 0 bridgehead atoms. The molecule has 0 saturated heterocycles. The number of halogens is 1. The number of rotatable bonds is 3. The fourth-order valence-corrected chi connectivity index (χ4v) is 2.20. The summed E-state index contributed by atoms with van der Waals surface area (Å²) in [6.07, 6.45) is 4.26. The second-order valence-electron chi connectivity index (χ2n) is 4.01. The van der Waals surface area contributed by atoms with Crippen LogP contribution in [0, 0.1) is 5.82 Å². The largest absolute Gasteiger partial charge is 0.394 e. The predicted molar refractivity (Wildman–Crippen MR) is 54.9 cm³/mol. The van der Waals surface area contributed by atoms with E-state index >= 15 is 0 Å². The van der Waals surface area contributed by atoms with Crippen LogP contribution >= 0.6 is 0 Å². The van der Waals surface area contributed by atoms with Gasteiger partial charge in [0.1, 0.15) is 5.69 Å². The lowest BCUT2D eigenvalue weighted by molar-refractivity contribution is 0.270. The predicted octanol–water partition coefficient (Wildman–Crippen LogP) is 1.25. The SMILES string of the molecule is Nc1c(F)c(C2CCCC2)nn1CCO. The van der Waals surface area contributed by atoms with E-state index in [1.807, 2.05) is 0 Å². The van der Waals surface area contributed by atoms with Crippen molar-refractivity contribution in [2.75, 3.05) is 12.3 Å². The van der Waals surface area contributed by atoms with Gasteiger partial charge in [-0.1, -0.05) is 12.8 Å². The second-order valence-corrected chi connectivity index (χ2v) is 4.01. The summed E-state index contributed by atoms with van der Waals surface area (Å²) >= 11 is 0. The lowest BCUT2D eigenvalue weighted by Crippen LogP contribution is -2.08. The van der Waals surface area contributed by atoms with Crippen molar-refractivity contribution in [3.05, 3.63) is 11.5 Å². The maximum atomic E-state index is 13.7. The normalized spacial score (nSPS) is 17.5. The van der Waals surface area contributed by atoms with E-state index in [1.165, 1.54) is 4.68 Å². The van der Waals surface area contributed by atoms with Gasteiger partial charge in [0.15, 0.2) is 11.6 Å². The Morgan fingerprint density at radius 1 is 1.47 bits per heavy atom. The summed E-state index contributed by atoms with van der Waals surface area (Å²) in [5.74, 6) is -0.131. The highest BCUT2D eigenvalue weighted by Gasteiger charge is 2.25. The van der Waals surface area contributed by atoms with Crippen LogP contribution in [0.1, 0.15) is 37.3 Å². The number of aromatic nitrogens is 2. The molecular formula is C10H16FN3O. The van der Waals surface area contributed by atoms with E-state index in [1.54, 1.807) is 0 Å². The Kier molecular flexibility index (Phi) is 2.90. The molecule has 0 atom stereocenters. The van der Waals surface area contributed by atoms with Crippen LogP contribution in [0.4, 0.5) is 10.2 Å². The molecule has 2 rings (SSSR count). The molecular weight excluding hydrogens is 197 g/mol. The van der Waals surface area contributed by atoms with Gasteiger partial charge in [0.2, 0.25) is 0 Å². The molecule has 1 aliphatic rings. The molecule has 1 aromatic rings. The molecule has 5 heteroatoms. The maximum absolute atomic E-state index is 13.7. The Morgan fingerprint density at radius 3 is 2.73 bits per heavy atom. The Bertz CT molecular complexity index is 345. The fraction of sp³-hybridized carbons (Fsp3) is 0.700. The van der Waals surface area contributed by atoms with Crippen molar-refractivity contribution in [1.82, 2.24) is 9.78 Å². The third kappa shape index (κ3) is 1.84. The molecule has 1 aromatic heterocycles. The molecule has 1 fully saturated rings. The summed E-state index contributed by atoms with van der Waals surface area (Å²) < 4.78 is 15.1. The summed E-state index contributed by atoms with van der Waals surface area (Å²) in [6, 6.07) is 0. The van der Waals surface area contributed by atoms with Crippen molar-refractivity contribution in [1.29, 1.82) is 0 Å². The van der Waals surface area contributed by atoms with Gasteiger partial charge in [-0.15, -0.1) is 0 Å². The average molecular weight is 213 g/mol. The number of aliphatic hydroxyl groups is 1. The first-order chi connectivity index (χ1) is 7.24. The van der Waals surface area contributed by atoms with Gasteiger partial charge in [-0.05, 0) is 12.8 Å². The quantitative estimate of drug-likeness (QED) is 0.794. The van der Waals surface area contributed by atoms with E-state index in [0.29, 0.717) is 5.69 Å². The minimum Gasteiger partial charge on any atom is -0.394 e. The van der Waals surface area contributed by atoms with E-state index in [2.05, 4.69) is 5.10 Å². The smallest absolute Gasteiger partial charge is 0.188 e. The summed E-state index contributed by atoms with van der Waals surface area (Å²) in [6.45, 7) is 0.185. The molecule has 1 saturated carbocycles. The molecule has 0 aromatic carbocycles. The van der Waals surface area contributed by atoms with Crippen LogP contribution in [0.3, 0.4) is 0 Å². The molecule has 15 heavy (non-hydrogen) atoms. The minimum absolute atomic E-state index is 0.0472. The van der Waals surface area contributed by atoms with E-state index in [9.17, 15) is 4.39 Å². The zero-order chi connectivity index (χ0) is 10.8. The Labute approximate surface area is 87.9 Å². The molecule has 0 radical (unpaired) electrons. The molecule has 3 N–H and O–H groups in total. The zero-order valence-electron chi connectivity index (χ0n) is 8.62. The fourth-order valence-electron chi connectivity index (χ4n) is 2.20. The summed E-state index contributed by atoms with van der Waals surface area (Å²) in [4.78, 5) is 0. The molecule has 1 aliphatic carbocycles. The average Bonchev–Trinajstić information content (AvgIpc) is 2.82. The third-order valence-corrected chi connectivity index (χ3v) is 3.01. The number of anilines is 1. The summed E-state index contributed by atoms with van der Waals surface area (Å²) in [5.41, 5.74) is 6.06. The van der Waals surface area contributed by atoms with Gasteiger partial charge in [-0.2, -0.15) is 5.10 Å². The van der Waals surface area contributed by atoms with Crippen molar-refractivity contribution >= 4 is 5.82 Å². The van der Waals surface area contributed by atoms with Crippen molar-refractivity contribution in [3.8, 4) is 0 Å².